The van der Waals surface area contributed by atoms with E-state index in [1.54, 1.807) is 17.4 Å². The first kappa shape index (κ1) is 16.0. The van der Waals surface area contributed by atoms with Crippen LogP contribution in [0.25, 0.3) is 0 Å². The number of hydrogen-bond donors (Lipinski definition) is 1. The molecule has 8 nitrogen and oxygen atoms in total. The molecule has 9 heteroatoms. The molecule has 2 aromatic heterocycles. The molecule has 2 amide bonds. The number of fused-ring (bicyclic) bond motifs is 1. The minimum absolute atomic E-state index is 0.0474. The van der Waals surface area contributed by atoms with Crippen LogP contribution >= 0.6 is 11.3 Å². The van der Waals surface area contributed by atoms with Gasteiger partial charge in [0.2, 0.25) is 5.88 Å². The lowest BCUT2D eigenvalue weighted by Crippen LogP contribution is -2.48. The summed E-state index contributed by atoms with van der Waals surface area (Å²) in [6, 6.07) is 1.63. The molecule has 0 spiro atoms. The van der Waals surface area contributed by atoms with E-state index in [-0.39, 0.29) is 18.4 Å². The summed E-state index contributed by atoms with van der Waals surface area (Å²) in [6.45, 7) is 3.69. The minimum Gasteiger partial charge on any atom is -0.466 e. The monoisotopic (exact) mass is 359 g/mol. The maximum Gasteiger partial charge on any atom is 0.262 e. The largest absolute Gasteiger partial charge is 0.466 e. The molecular weight excluding hydrogens is 342 g/mol. The van der Waals surface area contributed by atoms with Crippen molar-refractivity contribution in [3.05, 3.63) is 34.4 Å². The Balaban J connectivity index is 1.39. The second kappa shape index (κ2) is 6.77. The van der Waals surface area contributed by atoms with Crippen LogP contribution in [-0.2, 0) is 11.3 Å². The number of rotatable bonds is 3. The fraction of sp³-hybridized carbons (Fsp3) is 0.375. The summed E-state index contributed by atoms with van der Waals surface area (Å²) in [6.07, 6.45) is 1.50. The zero-order valence-corrected chi connectivity index (χ0v) is 14.3. The van der Waals surface area contributed by atoms with Gasteiger partial charge >= 0.3 is 0 Å². The second-order valence-electron chi connectivity index (χ2n) is 5.96. The molecule has 0 radical (unpaired) electrons. The molecule has 25 heavy (non-hydrogen) atoms. The van der Waals surface area contributed by atoms with Gasteiger partial charge in [0, 0.05) is 44.3 Å². The first-order chi connectivity index (χ1) is 12.2. The van der Waals surface area contributed by atoms with Gasteiger partial charge in [-0.3, -0.25) is 14.5 Å². The van der Waals surface area contributed by atoms with Gasteiger partial charge in [0.1, 0.15) is 5.69 Å². The Morgan fingerprint density at radius 2 is 2.12 bits per heavy atom. The molecule has 130 valence electrons. The van der Waals surface area contributed by atoms with Crippen molar-refractivity contribution in [2.45, 2.75) is 6.54 Å². The topological polar surface area (TPSA) is 87.7 Å². The summed E-state index contributed by atoms with van der Waals surface area (Å²) in [5.41, 5.74) is 3.81. The van der Waals surface area contributed by atoms with Gasteiger partial charge in [-0.05, 0) is 6.07 Å². The van der Waals surface area contributed by atoms with E-state index in [0.29, 0.717) is 30.2 Å². The zero-order valence-electron chi connectivity index (χ0n) is 13.5. The molecule has 1 saturated heterocycles. The van der Waals surface area contributed by atoms with Crippen LogP contribution in [0.1, 0.15) is 16.1 Å². The van der Waals surface area contributed by atoms with Crippen molar-refractivity contribution < 1.29 is 14.3 Å². The number of ether oxygens (including phenoxy) is 1. The van der Waals surface area contributed by atoms with Crippen LogP contribution in [0.2, 0.25) is 0 Å². The first-order valence-corrected chi connectivity index (χ1v) is 8.95. The third-order valence-electron chi connectivity index (χ3n) is 4.24. The molecule has 2 aliphatic heterocycles. The molecule has 0 saturated carbocycles. The van der Waals surface area contributed by atoms with Gasteiger partial charge in [0.25, 0.3) is 11.8 Å². The van der Waals surface area contributed by atoms with Crippen LogP contribution in [0, 0.1) is 0 Å². The van der Waals surface area contributed by atoms with Gasteiger partial charge in [-0.1, -0.05) is 0 Å². The van der Waals surface area contributed by atoms with Crippen LogP contribution in [0.4, 0.5) is 5.69 Å². The number of aromatic nitrogens is 2. The fourth-order valence-corrected chi connectivity index (χ4v) is 3.48. The van der Waals surface area contributed by atoms with Crippen molar-refractivity contribution in [2.24, 2.45) is 0 Å². The Bertz CT molecular complexity index is 787. The summed E-state index contributed by atoms with van der Waals surface area (Å²) >= 11 is 1.59. The third kappa shape index (κ3) is 3.47. The normalized spacial score (nSPS) is 17.6. The van der Waals surface area contributed by atoms with E-state index in [0.717, 1.165) is 25.3 Å². The number of piperazine rings is 1. The van der Waals surface area contributed by atoms with Gasteiger partial charge < -0.3 is 15.0 Å². The van der Waals surface area contributed by atoms with Gasteiger partial charge in [-0.25, -0.2) is 9.97 Å². The van der Waals surface area contributed by atoms with Crippen LogP contribution in [0.3, 0.4) is 0 Å². The van der Waals surface area contributed by atoms with Crippen molar-refractivity contribution in [1.82, 2.24) is 19.8 Å². The van der Waals surface area contributed by atoms with Gasteiger partial charge in [0.05, 0.1) is 16.8 Å². The number of anilines is 1. The predicted molar refractivity (Wildman–Crippen MR) is 91.7 cm³/mol. The lowest BCUT2D eigenvalue weighted by molar-refractivity contribution is -0.118. The standard InChI is InChI=1S/C16H17N5O3S/c22-14-8-24-15-13(19-14)5-11(6-17-15)16(23)21-3-1-20(2-4-21)7-12-9-25-10-18-12/h5-6,9-10H,1-4,7-8H2,(H,19,22). The summed E-state index contributed by atoms with van der Waals surface area (Å²) in [5.74, 6) is 0.0298. The number of amides is 2. The van der Waals surface area contributed by atoms with E-state index in [4.69, 9.17) is 4.74 Å². The van der Waals surface area contributed by atoms with Gasteiger partial charge in [-0.15, -0.1) is 11.3 Å². The number of thiazole rings is 1. The molecule has 0 bridgehead atoms. The average Bonchev–Trinajstić information content (AvgIpc) is 3.14. The highest BCUT2D eigenvalue weighted by atomic mass is 32.1. The number of nitrogens with one attached hydrogen (secondary N) is 1. The van der Waals surface area contributed by atoms with E-state index in [1.165, 1.54) is 6.20 Å². The van der Waals surface area contributed by atoms with Crippen molar-refractivity contribution >= 4 is 28.8 Å². The van der Waals surface area contributed by atoms with Crippen LogP contribution in [-0.4, -0.2) is 64.4 Å². The van der Waals surface area contributed by atoms with Crippen molar-refractivity contribution in [3.8, 4) is 5.88 Å². The molecule has 2 aliphatic rings. The second-order valence-corrected chi connectivity index (χ2v) is 6.68. The zero-order chi connectivity index (χ0) is 17.2. The van der Waals surface area contributed by atoms with E-state index in [1.807, 2.05) is 15.8 Å². The number of pyridine rings is 1. The third-order valence-corrected chi connectivity index (χ3v) is 4.88. The molecule has 0 atom stereocenters. The van der Waals surface area contributed by atoms with Crippen molar-refractivity contribution in [2.75, 3.05) is 38.1 Å². The number of hydrogen-bond acceptors (Lipinski definition) is 7. The SMILES string of the molecule is O=C1COc2ncc(C(=O)N3CCN(Cc4cscn4)CC3)cc2N1. The average molecular weight is 359 g/mol. The number of carbonyl (C=O) groups is 2. The first-order valence-electron chi connectivity index (χ1n) is 8.00. The summed E-state index contributed by atoms with van der Waals surface area (Å²) in [5, 5.41) is 4.73. The van der Waals surface area contributed by atoms with Crippen molar-refractivity contribution in [3.63, 3.8) is 0 Å². The highest BCUT2D eigenvalue weighted by molar-refractivity contribution is 7.07. The Morgan fingerprint density at radius 3 is 2.88 bits per heavy atom. The molecule has 1 N–H and O–H groups in total. The van der Waals surface area contributed by atoms with Crippen LogP contribution in [0.5, 0.6) is 5.88 Å². The molecular formula is C16H17N5O3S. The maximum absolute atomic E-state index is 12.7. The molecule has 0 unspecified atom stereocenters. The minimum atomic E-state index is -0.241. The van der Waals surface area contributed by atoms with Gasteiger partial charge in [-0.2, -0.15) is 0 Å². The predicted octanol–water partition coefficient (Wildman–Crippen LogP) is 0.827. The van der Waals surface area contributed by atoms with Crippen molar-refractivity contribution in [1.29, 1.82) is 0 Å². The Labute approximate surface area is 148 Å². The number of carbonyl (C=O) groups excluding carboxylic acids is 2. The summed E-state index contributed by atoms with van der Waals surface area (Å²) < 4.78 is 5.22. The molecule has 2 aromatic rings. The summed E-state index contributed by atoms with van der Waals surface area (Å²) in [4.78, 5) is 36.6. The molecule has 4 heterocycles. The molecule has 1 fully saturated rings. The van der Waals surface area contributed by atoms with Crippen LogP contribution in [0.15, 0.2) is 23.2 Å². The smallest absolute Gasteiger partial charge is 0.262 e. The van der Waals surface area contributed by atoms with E-state index >= 15 is 0 Å². The summed E-state index contributed by atoms with van der Waals surface area (Å²) in [7, 11) is 0. The highest BCUT2D eigenvalue weighted by Gasteiger charge is 2.25. The van der Waals surface area contributed by atoms with E-state index in [2.05, 4.69) is 20.2 Å². The lowest BCUT2D eigenvalue weighted by atomic mass is 10.2. The van der Waals surface area contributed by atoms with Gasteiger partial charge in [0.15, 0.2) is 6.61 Å². The van der Waals surface area contributed by atoms with Crippen LogP contribution < -0.4 is 10.1 Å². The molecule has 0 aliphatic carbocycles. The fourth-order valence-electron chi connectivity index (χ4n) is 2.93. The van der Waals surface area contributed by atoms with E-state index < -0.39 is 0 Å². The quantitative estimate of drug-likeness (QED) is 0.873. The molecule has 4 rings (SSSR count). The lowest BCUT2D eigenvalue weighted by Gasteiger charge is -2.34. The number of nitrogens with zero attached hydrogens (tertiary/aromatic N) is 4. The molecule has 0 aromatic carbocycles. The Morgan fingerprint density at radius 1 is 1.28 bits per heavy atom. The van der Waals surface area contributed by atoms with E-state index in [9.17, 15) is 9.59 Å². The maximum atomic E-state index is 12.7. The Hall–Kier alpha value is -2.52. The Kier molecular flexibility index (Phi) is 4.33. The highest BCUT2D eigenvalue weighted by Crippen LogP contribution is 2.26.